The fourth-order valence-electron chi connectivity index (χ4n) is 3.23. The highest BCUT2D eigenvalue weighted by molar-refractivity contribution is 14.0. The van der Waals surface area contributed by atoms with Crippen molar-refractivity contribution in [2.45, 2.75) is 27.3 Å². The summed E-state index contributed by atoms with van der Waals surface area (Å²) in [5.41, 5.74) is 0.258. The predicted molar refractivity (Wildman–Crippen MR) is 122 cm³/mol. The van der Waals surface area contributed by atoms with Crippen LogP contribution in [0, 0.1) is 17.6 Å². The number of halogens is 3. The lowest BCUT2D eigenvalue weighted by Crippen LogP contribution is -2.48. The summed E-state index contributed by atoms with van der Waals surface area (Å²) in [5, 5.41) is 6.48. The zero-order chi connectivity index (χ0) is 19.6. The van der Waals surface area contributed by atoms with Crippen LogP contribution in [-0.2, 0) is 6.54 Å². The molecule has 1 heterocycles. The Hall–Kier alpha value is -1.00. The van der Waals surface area contributed by atoms with Crippen LogP contribution < -0.4 is 10.6 Å². The van der Waals surface area contributed by atoms with Gasteiger partial charge < -0.3 is 20.4 Å². The van der Waals surface area contributed by atoms with Crippen molar-refractivity contribution >= 4 is 29.9 Å². The molecule has 1 aromatic rings. The molecule has 0 radical (unpaired) electrons. The zero-order valence-electron chi connectivity index (χ0n) is 17.2. The maximum absolute atomic E-state index is 13.7. The van der Waals surface area contributed by atoms with E-state index in [2.05, 4.69) is 39.3 Å². The summed E-state index contributed by atoms with van der Waals surface area (Å²) in [6.45, 7) is 14.7. The van der Waals surface area contributed by atoms with E-state index in [0.29, 0.717) is 18.4 Å². The van der Waals surface area contributed by atoms with E-state index < -0.39 is 11.6 Å². The number of benzene rings is 1. The average molecular weight is 509 g/mol. The van der Waals surface area contributed by atoms with Crippen LogP contribution in [0.2, 0.25) is 0 Å². The lowest BCUT2D eigenvalue weighted by Gasteiger charge is -2.35. The number of rotatable bonds is 8. The van der Waals surface area contributed by atoms with Crippen molar-refractivity contribution in [2.24, 2.45) is 10.9 Å². The van der Waals surface area contributed by atoms with Crippen LogP contribution in [0.1, 0.15) is 26.3 Å². The van der Waals surface area contributed by atoms with E-state index >= 15 is 0 Å². The molecule has 1 saturated heterocycles. The van der Waals surface area contributed by atoms with Gasteiger partial charge >= 0.3 is 0 Å². The first kappa shape index (κ1) is 25.0. The van der Waals surface area contributed by atoms with Gasteiger partial charge in [-0.2, -0.15) is 0 Å². The molecule has 2 N–H and O–H groups in total. The average Bonchev–Trinajstić information content (AvgIpc) is 2.67. The molecule has 0 bridgehead atoms. The Morgan fingerprint density at radius 2 is 1.79 bits per heavy atom. The lowest BCUT2D eigenvalue weighted by atomic mass is 10.1. The van der Waals surface area contributed by atoms with E-state index in [9.17, 15) is 8.78 Å². The largest absolute Gasteiger partial charge is 0.357 e. The summed E-state index contributed by atoms with van der Waals surface area (Å²) in [6, 6.07) is 3.45. The Bertz CT molecular complexity index is 606. The van der Waals surface area contributed by atoms with Gasteiger partial charge in [-0.1, -0.05) is 13.8 Å². The second-order valence-corrected chi connectivity index (χ2v) is 7.15. The Kier molecular flexibility index (Phi) is 11.9. The molecule has 0 amide bonds. The summed E-state index contributed by atoms with van der Waals surface area (Å²) in [7, 11) is 0. The van der Waals surface area contributed by atoms with Crippen LogP contribution in [0.3, 0.4) is 0 Å². The topological polar surface area (TPSA) is 42.9 Å². The number of nitrogens with one attached hydrogen (secondary N) is 2. The first-order valence-electron chi connectivity index (χ1n) is 9.92. The van der Waals surface area contributed by atoms with Crippen molar-refractivity contribution in [1.29, 1.82) is 0 Å². The summed E-state index contributed by atoms with van der Waals surface area (Å²) < 4.78 is 27.0. The van der Waals surface area contributed by atoms with Gasteiger partial charge in [-0.3, -0.25) is 0 Å². The third-order valence-corrected chi connectivity index (χ3v) is 4.86. The van der Waals surface area contributed by atoms with Gasteiger partial charge in [0.15, 0.2) is 5.96 Å². The van der Waals surface area contributed by atoms with Gasteiger partial charge in [0.25, 0.3) is 0 Å². The Labute approximate surface area is 185 Å². The third kappa shape index (κ3) is 8.57. The highest BCUT2D eigenvalue weighted by Crippen LogP contribution is 2.10. The zero-order valence-corrected chi connectivity index (χ0v) is 19.5. The molecule has 1 unspecified atom stereocenters. The van der Waals surface area contributed by atoms with Crippen LogP contribution >= 0.6 is 24.0 Å². The molecule has 0 spiro atoms. The molecule has 5 nitrogen and oxygen atoms in total. The van der Waals surface area contributed by atoms with E-state index in [-0.39, 0.29) is 36.1 Å². The maximum atomic E-state index is 13.7. The van der Waals surface area contributed by atoms with Gasteiger partial charge in [-0.25, -0.2) is 13.8 Å². The Morgan fingerprint density at radius 1 is 1.11 bits per heavy atom. The van der Waals surface area contributed by atoms with Gasteiger partial charge in [-0.15, -0.1) is 24.0 Å². The lowest BCUT2D eigenvalue weighted by molar-refractivity contribution is 0.124. The summed E-state index contributed by atoms with van der Waals surface area (Å²) in [5.74, 6) is 0.212. The predicted octanol–water partition coefficient (Wildman–Crippen LogP) is 2.91. The SMILES string of the molecule is CCNC(=NCc1cc(F)ccc1F)NCC(C)CN1CCN(CC)CC1.I. The van der Waals surface area contributed by atoms with E-state index in [1.807, 2.05) is 6.92 Å². The first-order valence-corrected chi connectivity index (χ1v) is 9.92. The number of aliphatic imine (C=N–C) groups is 1. The van der Waals surface area contributed by atoms with Gasteiger partial charge in [-0.05, 0) is 37.6 Å². The number of likely N-dealkylation sites (N-methyl/N-ethyl adjacent to an activating group) is 1. The number of hydrogen-bond donors (Lipinski definition) is 2. The number of piperazine rings is 1. The molecule has 8 heteroatoms. The monoisotopic (exact) mass is 509 g/mol. The van der Waals surface area contributed by atoms with Crippen LogP contribution in [0.15, 0.2) is 23.2 Å². The Balaban J connectivity index is 0.00000392. The molecular weight excluding hydrogens is 475 g/mol. The van der Waals surface area contributed by atoms with Crippen molar-refractivity contribution in [3.8, 4) is 0 Å². The van der Waals surface area contributed by atoms with Crippen LogP contribution in [0.5, 0.6) is 0 Å². The molecule has 160 valence electrons. The second kappa shape index (κ2) is 13.3. The van der Waals surface area contributed by atoms with Crippen LogP contribution in [0.25, 0.3) is 0 Å². The summed E-state index contributed by atoms with van der Waals surface area (Å²) >= 11 is 0. The number of guanidine groups is 1. The van der Waals surface area contributed by atoms with E-state index in [4.69, 9.17) is 0 Å². The third-order valence-electron chi connectivity index (χ3n) is 4.86. The molecule has 1 aromatic carbocycles. The van der Waals surface area contributed by atoms with Crippen molar-refractivity contribution in [2.75, 3.05) is 52.4 Å². The van der Waals surface area contributed by atoms with Gasteiger partial charge in [0, 0.05) is 51.4 Å². The van der Waals surface area contributed by atoms with Gasteiger partial charge in [0.2, 0.25) is 0 Å². The minimum absolute atomic E-state index is 0. The molecule has 1 atom stereocenters. The van der Waals surface area contributed by atoms with Crippen molar-refractivity contribution in [3.63, 3.8) is 0 Å². The molecule has 0 aromatic heterocycles. The molecule has 1 aliphatic heterocycles. The quantitative estimate of drug-likeness (QED) is 0.322. The molecule has 28 heavy (non-hydrogen) atoms. The van der Waals surface area contributed by atoms with E-state index in [1.165, 1.54) is 6.07 Å². The number of hydrogen-bond acceptors (Lipinski definition) is 3. The highest BCUT2D eigenvalue weighted by atomic mass is 127. The molecule has 0 aliphatic carbocycles. The van der Waals surface area contributed by atoms with Crippen LogP contribution in [0.4, 0.5) is 8.78 Å². The smallest absolute Gasteiger partial charge is 0.191 e. The van der Waals surface area contributed by atoms with Gasteiger partial charge in [0.05, 0.1) is 6.54 Å². The molecule has 2 rings (SSSR count). The van der Waals surface area contributed by atoms with E-state index in [1.54, 1.807) is 0 Å². The minimum Gasteiger partial charge on any atom is -0.357 e. The van der Waals surface area contributed by atoms with Crippen LogP contribution in [-0.4, -0.2) is 68.1 Å². The summed E-state index contributed by atoms with van der Waals surface area (Å²) in [6.07, 6.45) is 0. The maximum Gasteiger partial charge on any atom is 0.191 e. The first-order chi connectivity index (χ1) is 13.0. The van der Waals surface area contributed by atoms with Gasteiger partial charge in [0.1, 0.15) is 11.6 Å². The fraction of sp³-hybridized carbons (Fsp3) is 0.650. The number of nitrogens with zero attached hydrogens (tertiary/aromatic N) is 3. The molecular formula is C20H34F2IN5. The van der Waals surface area contributed by atoms with Crippen molar-refractivity contribution in [3.05, 3.63) is 35.4 Å². The van der Waals surface area contributed by atoms with Crippen molar-refractivity contribution in [1.82, 2.24) is 20.4 Å². The second-order valence-electron chi connectivity index (χ2n) is 7.15. The molecule has 1 fully saturated rings. The normalized spacial score (nSPS) is 17.1. The molecule has 0 saturated carbocycles. The fourth-order valence-corrected chi connectivity index (χ4v) is 3.23. The van der Waals surface area contributed by atoms with Crippen molar-refractivity contribution < 1.29 is 8.78 Å². The highest BCUT2D eigenvalue weighted by Gasteiger charge is 2.17. The van der Waals surface area contributed by atoms with E-state index in [0.717, 1.165) is 57.9 Å². The standard InChI is InChI=1S/C20H33F2N5.HI/c1-4-23-20(25-14-17-12-18(21)6-7-19(17)22)24-13-16(3)15-27-10-8-26(5-2)9-11-27;/h6-7,12,16H,4-5,8-11,13-15H2,1-3H3,(H2,23,24,25);1H. The summed E-state index contributed by atoms with van der Waals surface area (Å²) in [4.78, 5) is 9.37. The minimum atomic E-state index is -0.448. The molecule has 1 aliphatic rings. The Morgan fingerprint density at radius 3 is 2.43 bits per heavy atom.